The van der Waals surface area contributed by atoms with Crippen molar-refractivity contribution < 1.29 is 9.90 Å². The molecule has 15 heavy (non-hydrogen) atoms. The molecule has 2 aliphatic carbocycles. The molecule has 0 radical (unpaired) electrons. The number of hydrogen-bond donors (Lipinski definition) is 1. The van der Waals surface area contributed by atoms with Gasteiger partial charge in [-0.2, -0.15) is 0 Å². The third-order valence-electron chi connectivity index (χ3n) is 4.15. The Bertz CT molecular complexity index is 225. The molecule has 2 nitrogen and oxygen atoms in total. The van der Waals surface area contributed by atoms with Gasteiger partial charge >= 0.3 is 0 Å². The van der Waals surface area contributed by atoms with E-state index in [1.807, 2.05) is 0 Å². The average molecular weight is 210 g/mol. The predicted molar refractivity (Wildman–Crippen MR) is 59.5 cm³/mol. The molecule has 0 aromatic carbocycles. The highest BCUT2D eigenvalue weighted by atomic mass is 16.3. The van der Waals surface area contributed by atoms with Crippen LogP contribution in [0.4, 0.5) is 0 Å². The van der Waals surface area contributed by atoms with Crippen LogP contribution >= 0.6 is 0 Å². The molecule has 0 aliphatic heterocycles. The minimum atomic E-state index is -0.209. The Morgan fingerprint density at radius 3 is 2.47 bits per heavy atom. The molecular weight excluding hydrogens is 188 g/mol. The van der Waals surface area contributed by atoms with Crippen LogP contribution in [-0.2, 0) is 4.79 Å². The number of carbonyl (C=O) groups excluding carboxylic acids is 1. The van der Waals surface area contributed by atoms with Gasteiger partial charge in [-0.15, -0.1) is 0 Å². The van der Waals surface area contributed by atoms with E-state index in [-0.39, 0.29) is 17.9 Å². The van der Waals surface area contributed by atoms with Gasteiger partial charge in [0.2, 0.25) is 0 Å². The van der Waals surface area contributed by atoms with Crippen molar-refractivity contribution in [1.29, 1.82) is 0 Å². The predicted octanol–water partition coefficient (Wildman–Crippen LogP) is 2.69. The van der Waals surface area contributed by atoms with Crippen LogP contribution in [0.2, 0.25) is 0 Å². The first-order valence-electron chi connectivity index (χ1n) is 6.50. The molecule has 0 heterocycles. The topological polar surface area (TPSA) is 37.3 Å². The Labute approximate surface area is 92.1 Å². The van der Waals surface area contributed by atoms with Crippen molar-refractivity contribution in [2.24, 2.45) is 11.8 Å². The molecule has 2 saturated carbocycles. The van der Waals surface area contributed by atoms with Crippen molar-refractivity contribution >= 4 is 5.78 Å². The summed E-state index contributed by atoms with van der Waals surface area (Å²) in [5, 5.41) is 10.1. The van der Waals surface area contributed by atoms with E-state index in [4.69, 9.17) is 0 Å². The lowest BCUT2D eigenvalue weighted by Gasteiger charge is -2.31. The number of carbonyl (C=O) groups is 1. The van der Waals surface area contributed by atoms with Crippen LogP contribution in [0.1, 0.15) is 57.8 Å². The summed E-state index contributed by atoms with van der Waals surface area (Å²) in [4.78, 5) is 11.8. The van der Waals surface area contributed by atoms with E-state index in [1.165, 1.54) is 19.3 Å². The largest absolute Gasteiger partial charge is 0.393 e. The first kappa shape index (κ1) is 11.1. The highest BCUT2D eigenvalue weighted by Gasteiger charge is 2.34. The second-order valence-electron chi connectivity index (χ2n) is 5.19. The van der Waals surface area contributed by atoms with Gasteiger partial charge in [0.15, 0.2) is 0 Å². The van der Waals surface area contributed by atoms with Crippen LogP contribution in [0.3, 0.4) is 0 Å². The van der Waals surface area contributed by atoms with E-state index >= 15 is 0 Å². The zero-order valence-electron chi connectivity index (χ0n) is 9.45. The van der Waals surface area contributed by atoms with Gasteiger partial charge in [0.1, 0.15) is 5.78 Å². The maximum Gasteiger partial charge on any atom is 0.136 e. The molecule has 0 saturated heterocycles. The van der Waals surface area contributed by atoms with Gasteiger partial charge in [-0.25, -0.2) is 0 Å². The summed E-state index contributed by atoms with van der Waals surface area (Å²) in [7, 11) is 0. The van der Waals surface area contributed by atoms with Crippen molar-refractivity contribution in [3.8, 4) is 0 Å². The minimum Gasteiger partial charge on any atom is -0.393 e. The molecular formula is C13H22O2. The molecule has 2 fully saturated rings. The Morgan fingerprint density at radius 1 is 0.933 bits per heavy atom. The number of aliphatic hydroxyl groups excluding tert-OH is 1. The van der Waals surface area contributed by atoms with Gasteiger partial charge in [0.05, 0.1) is 6.10 Å². The Balaban J connectivity index is 2.02. The lowest BCUT2D eigenvalue weighted by atomic mass is 9.75. The van der Waals surface area contributed by atoms with Crippen LogP contribution in [-0.4, -0.2) is 17.0 Å². The number of Topliss-reactive ketones (excluding diaryl/α,β-unsaturated/α-hetero) is 1. The lowest BCUT2D eigenvalue weighted by molar-refractivity contribution is -0.128. The molecule has 3 unspecified atom stereocenters. The lowest BCUT2D eigenvalue weighted by Crippen LogP contribution is -2.34. The van der Waals surface area contributed by atoms with Gasteiger partial charge in [0, 0.05) is 12.3 Å². The first-order chi connectivity index (χ1) is 7.29. The smallest absolute Gasteiger partial charge is 0.136 e. The zero-order valence-corrected chi connectivity index (χ0v) is 9.45. The van der Waals surface area contributed by atoms with Crippen LogP contribution in [0.5, 0.6) is 0 Å². The standard InChI is InChI=1S/C13H22O2/c14-12-8-3-1-2-6-10(12)11-7-4-5-9-13(11)15/h10-12,14H,1-9H2. The molecule has 1 N–H and O–H groups in total. The molecule has 0 aromatic rings. The summed E-state index contributed by atoms with van der Waals surface area (Å²) in [5.74, 6) is 0.888. The molecule has 2 aliphatic rings. The van der Waals surface area contributed by atoms with E-state index in [2.05, 4.69) is 0 Å². The van der Waals surface area contributed by atoms with E-state index in [0.717, 1.165) is 38.5 Å². The molecule has 86 valence electrons. The molecule has 0 bridgehead atoms. The van der Waals surface area contributed by atoms with Crippen LogP contribution in [0, 0.1) is 11.8 Å². The molecule has 0 aromatic heterocycles. The average Bonchev–Trinajstić information content (AvgIpc) is 2.44. The fraction of sp³-hybridized carbons (Fsp3) is 0.923. The monoisotopic (exact) mass is 210 g/mol. The van der Waals surface area contributed by atoms with Crippen LogP contribution in [0.25, 0.3) is 0 Å². The molecule has 2 rings (SSSR count). The van der Waals surface area contributed by atoms with Gasteiger partial charge in [-0.1, -0.05) is 25.7 Å². The van der Waals surface area contributed by atoms with Crippen LogP contribution in [0.15, 0.2) is 0 Å². The van der Waals surface area contributed by atoms with Gasteiger partial charge < -0.3 is 5.11 Å². The molecule has 0 amide bonds. The molecule has 0 spiro atoms. The maximum atomic E-state index is 11.8. The maximum absolute atomic E-state index is 11.8. The Morgan fingerprint density at radius 2 is 1.67 bits per heavy atom. The first-order valence-corrected chi connectivity index (χ1v) is 6.50. The summed E-state index contributed by atoms with van der Waals surface area (Å²) in [5.41, 5.74) is 0. The quantitative estimate of drug-likeness (QED) is 0.676. The van der Waals surface area contributed by atoms with Crippen molar-refractivity contribution in [2.45, 2.75) is 63.9 Å². The minimum absolute atomic E-state index is 0.187. The van der Waals surface area contributed by atoms with Gasteiger partial charge in [-0.05, 0) is 31.6 Å². The number of ketones is 1. The molecule has 2 heteroatoms. The Hall–Kier alpha value is -0.370. The SMILES string of the molecule is O=C1CCCCC1C1CCCCCC1O. The van der Waals surface area contributed by atoms with Crippen molar-refractivity contribution in [2.75, 3.05) is 0 Å². The second-order valence-corrected chi connectivity index (χ2v) is 5.19. The summed E-state index contributed by atoms with van der Waals surface area (Å²) >= 11 is 0. The highest BCUT2D eigenvalue weighted by Crippen LogP contribution is 2.35. The number of rotatable bonds is 1. The van der Waals surface area contributed by atoms with E-state index in [9.17, 15) is 9.90 Å². The van der Waals surface area contributed by atoms with E-state index in [1.54, 1.807) is 0 Å². The normalized spacial score (nSPS) is 38.7. The summed E-state index contributed by atoms with van der Waals surface area (Å²) in [6, 6.07) is 0. The summed E-state index contributed by atoms with van der Waals surface area (Å²) in [6.07, 6.45) is 9.37. The number of hydrogen-bond acceptors (Lipinski definition) is 2. The number of aliphatic hydroxyl groups is 1. The third-order valence-corrected chi connectivity index (χ3v) is 4.15. The van der Waals surface area contributed by atoms with Gasteiger partial charge in [-0.3, -0.25) is 4.79 Å². The fourth-order valence-electron chi connectivity index (χ4n) is 3.25. The summed E-state index contributed by atoms with van der Waals surface area (Å²) in [6.45, 7) is 0. The third kappa shape index (κ3) is 2.60. The molecule has 3 atom stereocenters. The zero-order chi connectivity index (χ0) is 10.7. The van der Waals surface area contributed by atoms with Crippen molar-refractivity contribution in [1.82, 2.24) is 0 Å². The fourth-order valence-corrected chi connectivity index (χ4v) is 3.25. The second kappa shape index (κ2) is 5.11. The van der Waals surface area contributed by atoms with Crippen LogP contribution < -0.4 is 0 Å². The summed E-state index contributed by atoms with van der Waals surface area (Å²) < 4.78 is 0. The van der Waals surface area contributed by atoms with E-state index in [0.29, 0.717) is 5.78 Å². The highest BCUT2D eigenvalue weighted by molar-refractivity contribution is 5.82. The van der Waals surface area contributed by atoms with Crippen molar-refractivity contribution in [3.63, 3.8) is 0 Å². The van der Waals surface area contributed by atoms with Crippen molar-refractivity contribution in [3.05, 3.63) is 0 Å². The van der Waals surface area contributed by atoms with E-state index < -0.39 is 0 Å². The Kier molecular flexibility index (Phi) is 3.79. The van der Waals surface area contributed by atoms with Gasteiger partial charge in [0.25, 0.3) is 0 Å².